The van der Waals surface area contributed by atoms with Crippen LogP contribution in [0, 0.1) is 13.8 Å². The molecule has 0 aliphatic rings. The van der Waals surface area contributed by atoms with E-state index in [0.717, 1.165) is 27.5 Å². The van der Waals surface area contributed by atoms with E-state index in [1.54, 1.807) is 0 Å². The number of aromatic nitrogens is 1. The fraction of sp³-hybridized carbons (Fsp3) is 0.118. The monoisotopic (exact) mass is 247 g/mol. The molecule has 2 heteroatoms. The second-order valence-electron chi connectivity index (χ2n) is 5.24. The lowest BCUT2D eigenvalue weighted by atomic mass is 10.1. The zero-order valence-corrected chi connectivity index (χ0v) is 10.9. The SMILES string of the molecule is Cc1cc2c(=O)c(C)cn3c4ccccc4c(c1)c23. The Kier molecular flexibility index (Phi) is 1.86. The second-order valence-corrected chi connectivity index (χ2v) is 5.24. The molecule has 4 rings (SSSR count). The summed E-state index contributed by atoms with van der Waals surface area (Å²) in [6, 6.07) is 12.5. The molecule has 0 unspecified atom stereocenters. The van der Waals surface area contributed by atoms with Crippen LogP contribution in [0.2, 0.25) is 0 Å². The van der Waals surface area contributed by atoms with Gasteiger partial charge in [-0.2, -0.15) is 0 Å². The number of para-hydroxylation sites is 1. The molecule has 0 atom stereocenters. The van der Waals surface area contributed by atoms with Gasteiger partial charge >= 0.3 is 0 Å². The molecule has 0 N–H and O–H groups in total. The van der Waals surface area contributed by atoms with Crippen molar-refractivity contribution in [2.45, 2.75) is 13.8 Å². The number of fused-ring (bicyclic) bond motifs is 3. The van der Waals surface area contributed by atoms with Crippen LogP contribution < -0.4 is 5.43 Å². The molecule has 0 radical (unpaired) electrons. The number of rotatable bonds is 0. The molecule has 2 aromatic heterocycles. The first kappa shape index (κ1) is 10.6. The van der Waals surface area contributed by atoms with Crippen LogP contribution in [0.4, 0.5) is 0 Å². The first-order valence-electron chi connectivity index (χ1n) is 6.43. The van der Waals surface area contributed by atoms with Crippen LogP contribution in [0.25, 0.3) is 27.2 Å². The van der Waals surface area contributed by atoms with Gasteiger partial charge in [0.2, 0.25) is 0 Å². The third-order valence-electron chi connectivity index (χ3n) is 3.87. The van der Waals surface area contributed by atoms with Gasteiger partial charge in [-0.1, -0.05) is 18.2 Å². The van der Waals surface area contributed by atoms with E-state index >= 15 is 0 Å². The van der Waals surface area contributed by atoms with Gasteiger partial charge in [-0.25, -0.2) is 0 Å². The van der Waals surface area contributed by atoms with E-state index in [2.05, 4.69) is 22.6 Å². The minimum atomic E-state index is 0.143. The van der Waals surface area contributed by atoms with Crippen LogP contribution in [0.5, 0.6) is 0 Å². The smallest absolute Gasteiger partial charge is 0.192 e. The van der Waals surface area contributed by atoms with E-state index in [4.69, 9.17) is 0 Å². The van der Waals surface area contributed by atoms with Crippen molar-refractivity contribution in [1.82, 2.24) is 4.40 Å². The summed E-state index contributed by atoms with van der Waals surface area (Å²) in [4.78, 5) is 12.4. The van der Waals surface area contributed by atoms with Crippen molar-refractivity contribution in [2.24, 2.45) is 0 Å². The second kappa shape index (κ2) is 3.35. The molecule has 0 fully saturated rings. The minimum Gasteiger partial charge on any atom is -0.315 e. The number of benzene rings is 2. The Hall–Kier alpha value is -2.35. The van der Waals surface area contributed by atoms with E-state index in [0.29, 0.717) is 0 Å². The Morgan fingerprint density at radius 1 is 0.947 bits per heavy atom. The first-order chi connectivity index (χ1) is 9.16. The van der Waals surface area contributed by atoms with E-state index < -0.39 is 0 Å². The highest BCUT2D eigenvalue weighted by Gasteiger charge is 2.14. The topological polar surface area (TPSA) is 21.5 Å². The van der Waals surface area contributed by atoms with Gasteiger partial charge in [0, 0.05) is 27.9 Å². The maximum Gasteiger partial charge on any atom is 0.192 e. The van der Waals surface area contributed by atoms with Crippen molar-refractivity contribution < 1.29 is 0 Å². The molecule has 0 bridgehead atoms. The molecule has 19 heavy (non-hydrogen) atoms. The Morgan fingerprint density at radius 3 is 2.53 bits per heavy atom. The number of hydrogen-bond acceptors (Lipinski definition) is 1. The maximum atomic E-state index is 12.4. The van der Waals surface area contributed by atoms with Crippen LogP contribution >= 0.6 is 0 Å². The van der Waals surface area contributed by atoms with E-state index in [1.807, 2.05) is 38.2 Å². The lowest BCUT2D eigenvalue weighted by Crippen LogP contribution is -2.08. The Labute approximate surface area is 110 Å². The summed E-state index contributed by atoms with van der Waals surface area (Å²) in [7, 11) is 0. The summed E-state index contributed by atoms with van der Waals surface area (Å²) >= 11 is 0. The normalized spacial score (nSPS) is 11.9. The Morgan fingerprint density at radius 2 is 1.68 bits per heavy atom. The number of hydrogen-bond donors (Lipinski definition) is 0. The largest absolute Gasteiger partial charge is 0.315 e. The van der Waals surface area contributed by atoms with Gasteiger partial charge in [0.15, 0.2) is 5.43 Å². The molecular weight excluding hydrogens is 234 g/mol. The van der Waals surface area contributed by atoms with Crippen LogP contribution in [-0.2, 0) is 0 Å². The standard InChI is InChI=1S/C17H13NO/c1-10-7-13-12-5-3-4-6-15(12)18-9-11(2)17(19)14(8-10)16(13)18/h3-9H,1-2H3. The van der Waals surface area contributed by atoms with Crippen LogP contribution in [-0.4, -0.2) is 4.40 Å². The number of nitrogens with zero attached hydrogens (tertiary/aromatic N) is 1. The fourth-order valence-electron chi connectivity index (χ4n) is 3.05. The molecule has 0 spiro atoms. The van der Waals surface area contributed by atoms with E-state index in [1.165, 1.54) is 10.8 Å². The van der Waals surface area contributed by atoms with Crippen LogP contribution in [0.15, 0.2) is 47.4 Å². The summed E-state index contributed by atoms with van der Waals surface area (Å²) in [6.07, 6.45) is 1.95. The average Bonchev–Trinajstić information content (AvgIpc) is 2.71. The van der Waals surface area contributed by atoms with E-state index in [-0.39, 0.29) is 5.43 Å². The summed E-state index contributed by atoms with van der Waals surface area (Å²) < 4.78 is 2.15. The van der Waals surface area contributed by atoms with Gasteiger partial charge in [-0.05, 0) is 37.6 Å². The molecule has 0 saturated heterocycles. The van der Waals surface area contributed by atoms with Gasteiger partial charge in [0.1, 0.15) is 0 Å². The third-order valence-corrected chi connectivity index (χ3v) is 3.87. The molecule has 2 nitrogen and oxygen atoms in total. The van der Waals surface area contributed by atoms with E-state index in [9.17, 15) is 4.79 Å². The summed E-state index contributed by atoms with van der Waals surface area (Å²) in [6.45, 7) is 3.93. The lowest BCUT2D eigenvalue weighted by Gasteiger charge is -2.04. The summed E-state index contributed by atoms with van der Waals surface area (Å²) in [5.41, 5.74) is 4.27. The van der Waals surface area contributed by atoms with Gasteiger partial charge in [0.25, 0.3) is 0 Å². The van der Waals surface area contributed by atoms with Crippen molar-refractivity contribution >= 4 is 27.2 Å². The third kappa shape index (κ3) is 1.23. The zero-order valence-electron chi connectivity index (χ0n) is 10.9. The Balaban J connectivity index is 2.51. The average molecular weight is 247 g/mol. The molecule has 0 saturated carbocycles. The quantitative estimate of drug-likeness (QED) is 0.464. The molecule has 2 aromatic carbocycles. The summed E-state index contributed by atoms with van der Waals surface area (Å²) in [5.74, 6) is 0. The maximum absolute atomic E-state index is 12.4. The highest BCUT2D eigenvalue weighted by atomic mass is 16.1. The van der Waals surface area contributed by atoms with Gasteiger partial charge in [-0.15, -0.1) is 0 Å². The van der Waals surface area contributed by atoms with Crippen LogP contribution in [0.3, 0.4) is 0 Å². The lowest BCUT2D eigenvalue weighted by molar-refractivity contribution is 1.21. The number of pyridine rings is 1. The predicted molar refractivity (Wildman–Crippen MR) is 79.3 cm³/mol. The van der Waals surface area contributed by atoms with Crippen LogP contribution in [0.1, 0.15) is 11.1 Å². The predicted octanol–water partition coefficient (Wildman–Crippen LogP) is 3.66. The van der Waals surface area contributed by atoms with Crippen molar-refractivity contribution in [3.63, 3.8) is 0 Å². The van der Waals surface area contributed by atoms with Crippen molar-refractivity contribution in [2.75, 3.05) is 0 Å². The molecular formula is C17H13NO. The fourth-order valence-corrected chi connectivity index (χ4v) is 3.05. The van der Waals surface area contributed by atoms with Gasteiger partial charge in [0.05, 0.1) is 11.0 Å². The summed E-state index contributed by atoms with van der Waals surface area (Å²) in [5, 5.41) is 3.20. The Bertz CT molecular complexity index is 960. The van der Waals surface area contributed by atoms with Crippen molar-refractivity contribution in [1.29, 1.82) is 0 Å². The zero-order chi connectivity index (χ0) is 13.1. The highest BCUT2D eigenvalue weighted by molar-refractivity contribution is 6.14. The molecule has 2 heterocycles. The molecule has 0 aliphatic carbocycles. The van der Waals surface area contributed by atoms with Crippen molar-refractivity contribution in [3.8, 4) is 0 Å². The number of aryl methyl sites for hydroxylation is 2. The molecule has 92 valence electrons. The van der Waals surface area contributed by atoms with Gasteiger partial charge < -0.3 is 4.40 Å². The molecule has 0 aliphatic heterocycles. The highest BCUT2D eigenvalue weighted by Crippen LogP contribution is 2.31. The minimum absolute atomic E-state index is 0.143. The van der Waals surface area contributed by atoms with Gasteiger partial charge in [-0.3, -0.25) is 4.79 Å². The molecule has 0 amide bonds. The molecule has 4 aromatic rings. The first-order valence-corrected chi connectivity index (χ1v) is 6.43. The van der Waals surface area contributed by atoms with Crippen molar-refractivity contribution in [3.05, 3.63) is 63.9 Å².